The normalized spacial score (nSPS) is 11.8. The van der Waals surface area contributed by atoms with Crippen LogP contribution in [0, 0.1) is 0 Å². The second-order valence-electron chi connectivity index (χ2n) is 8.61. The van der Waals surface area contributed by atoms with Crippen LogP contribution >= 0.6 is 0 Å². The molecule has 6 rings (SSSR count). The Hall–Kier alpha value is -4.55. The monoisotopic (exact) mass is 491 g/mol. The van der Waals surface area contributed by atoms with E-state index < -0.39 is 10.0 Å². The molecule has 0 spiro atoms. The first kappa shape index (κ1) is 21.9. The van der Waals surface area contributed by atoms with Gasteiger partial charge in [0.2, 0.25) is 0 Å². The van der Waals surface area contributed by atoms with Crippen LogP contribution in [0.15, 0.2) is 120 Å². The molecule has 6 heteroatoms. The van der Waals surface area contributed by atoms with E-state index in [-0.39, 0.29) is 16.4 Å². The average Bonchev–Trinajstić information content (AvgIpc) is 3.35. The lowest BCUT2D eigenvalue weighted by Crippen LogP contribution is -2.11. The minimum Gasteiger partial charge on any atom is -0.508 e. The highest BCUT2D eigenvalue weighted by atomic mass is 32.2. The predicted molar refractivity (Wildman–Crippen MR) is 143 cm³/mol. The topological polar surface area (TPSA) is 79.5 Å². The summed E-state index contributed by atoms with van der Waals surface area (Å²) in [5.41, 5.74) is 3.73. The van der Waals surface area contributed by atoms with Crippen molar-refractivity contribution in [2.75, 3.05) is 0 Å². The van der Waals surface area contributed by atoms with Crippen molar-refractivity contribution in [2.45, 2.75) is 4.90 Å². The van der Waals surface area contributed by atoms with Crippen LogP contribution in [0.5, 0.6) is 11.5 Å². The van der Waals surface area contributed by atoms with E-state index in [0.717, 1.165) is 32.8 Å². The number of nitrogens with zero attached hydrogens (tertiary/aromatic N) is 1. The Balaban J connectivity index is 1.54. The van der Waals surface area contributed by atoms with Crippen molar-refractivity contribution >= 4 is 31.7 Å². The van der Waals surface area contributed by atoms with Crippen LogP contribution in [0.2, 0.25) is 0 Å². The second kappa shape index (κ2) is 8.29. The minimum atomic E-state index is -3.78. The Labute approximate surface area is 208 Å². The van der Waals surface area contributed by atoms with E-state index in [1.54, 1.807) is 79.0 Å². The Morgan fingerprint density at radius 3 is 2.22 bits per heavy atom. The number of rotatable bonds is 4. The van der Waals surface area contributed by atoms with Crippen LogP contribution in [0.1, 0.15) is 0 Å². The first-order valence-electron chi connectivity index (χ1n) is 11.4. The van der Waals surface area contributed by atoms with E-state index in [9.17, 15) is 18.6 Å². The highest BCUT2D eigenvalue weighted by Gasteiger charge is 2.21. The molecule has 1 heterocycles. The molecular formula is C30H21NO4S. The summed E-state index contributed by atoms with van der Waals surface area (Å²) in [4.78, 5) is 0.209. The smallest absolute Gasteiger partial charge is 0.268 e. The maximum atomic E-state index is 13.3. The van der Waals surface area contributed by atoms with E-state index in [1.165, 1.54) is 3.97 Å². The number of aromatic nitrogens is 1. The van der Waals surface area contributed by atoms with Crippen LogP contribution < -0.4 is 0 Å². The van der Waals surface area contributed by atoms with Gasteiger partial charge in [0.25, 0.3) is 10.0 Å². The molecule has 2 N–H and O–H groups in total. The lowest BCUT2D eigenvalue weighted by atomic mass is 9.93. The molecule has 0 bridgehead atoms. The van der Waals surface area contributed by atoms with Gasteiger partial charge in [-0.1, -0.05) is 60.7 Å². The highest BCUT2D eigenvalue weighted by Crippen LogP contribution is 2.41. The van der Waals surface area contributed by atoms with Crippen molar-refractivity contribution in [3.8, 4) is 33.8 Å². The highest BCUT2D eigenvalue weighted by molar-refractivity contribution is 7.90. The standard InChI is InChI=1S/C30H21NO4S/c32-23-7-4-6-20(19-23)21-12-14-25-22(18-21)13-15-29(33)30(25)27-10-5-11-28-26(27)16-17-31(28)36(34,35)24-8-2-1-3-9-24/h1-19,32-33H. The van der Waals surface area contributed by atoms with Crippen LogP contribution in [-0.4, -0.2) is 22.6 Å². The van der Waals surface area contributed by atoms with Gasteiger partial charge in [-0.25, -0.2) is 12.4 Å². The maximum Gasteiger partial charge on any atom is 0.268 e. The predicted octanol–water partition coefficient (Wildman–Crippen LogP) is 6.78. The molecule has 0 aliphatic heterocycles. The zero-order chi connectivity index (χ0) is 24.9. The Morgan fingerprint density at radius 1 is 0.639 bits per heavy atom. The molecule has 0 saturated carbocycles. The zero-order valence-electron chi connectivity index (χ0n) is 19.0. The lowest BCUT2D eigenvalue weighted by molar-refractivity contribution is 0.475. The van der Waals surface area contributed by atoms with Gasteiger partial charge in [0.1, 0.15) is 11.5 Å². The molecular weight excluding hydrogens is 470 g/mol. The minimum absolute atomic E-state index is 0.110. The molecule has 0 aliphatic carbocycles. The summed E-state index contributed by atoms with van der Waals surface area (Å²) in [5, 5.41) is 23.3. The van der Waals surface area contributed by atoms with Crippen LogP contribution in [0.4, 0.5) is 0 Å². The number of benzene rings is 5. The summed E-state index contributed by atoms with van der Waals surface area (Å²) in [5.74, 6) is 0.305. The fourth-order valence-electron chi connectivity index (χ4n) is 4.74. The van der Waals surface area contributed by atoms with Crippen molar-refractivity contribution in [3.05, 3.63) is 115 Å². The summed E-state index contributed by atoms with van der Waals surface area (Å²) >= 11 is 0. The number of phenolic OH excluding ortho intramolecular Hbond substituents is 2. The number of hydrogen-bond acceptors (Lipinski definition) is 4. The summed E-state index contributed by atoms with van der Waals surface area (Å²) in [6.45, 7) is 0. The second-order valence-corrected chi connectivity index (χ2v) is 10.4. The third-order valence-corrected chi connectivity index (χ3v) is 8.15. The number of aromatic hydroxyl groups is 2. The van der Waals surface area contributed by atoms with Gasteiger partial charge in [-0.3, -0.25) is 0 Å². The molecule has 5 nitrogen and oxygen atoms in total. The van der Waals surface area contributed by atoms with Gasteiger partial charge in [-0.15, -0.1) is 0 Å². The average molecular weight is 492 g/mol. The molecule has 5 aromatic carbocycles. The van der Waals surface area contributed by atoms with E-state index in [0.29, 0.717) is 11.1 Å². The summed E-state index contributed by atoms with van der Waals surface area (Å²) < 4.78 is 27.9. The van der Waals surface area contributed by atoms with Gasteiger partial charge in [0, 0.05) is 17.1 Å². The molecule has 1 aromatic heterocycles. The third kappa shape index (κ3) is 3.51. The van der Waals surface area contributed by atoms with Crippen LogP contribution in [-0.2, 0) is 10.0 Å². The third-order valence-electron chi connectivity index (χ3n) is 6.44. The molecule has 0 atom stereocenters. The Kier molecular flexibility index (Phi) is 5.05. The van der Waals surface area contributed by atoms with Gasteiger partial charge >= 0.3 is 0 Å². The molecule has 36 heavy (non-hydrogen) atoms. The molecule has 0 saturated heterocycles. The van der Waals surface area contributed by atoms with Gasteiger partial charge in [0.05, 0.1) is 10.4 Å². The maximum absolute atomic E-state index is 13.3. The van der Waals surface area contributed by atoms with E-state index in [4.69, 9.17) is 0 Å². The van der Waals surface area contributed by atoms with E-state index >= 15 is 0 Å². The largest absolute Gasteiger partial charge is 0.508 e. The van der Waals surface area contributed by atoms with Crippen molar-refractivity contribution in [1.29, 1.82) is 0 Å². The zero-order valence-corrected chi connectivity index (χ0v) is 19.9. The number of hydrogen-bond donors (Lipinski definition) is 2. The molecule has 0 unspecified atom stereocenters. The van der Waals surface area contributed by atoms with Crippen LogP contribution in [0.25, 0.3) is 43.9 Å². The fourth-order valence-corrected chi connectivity index (χ4v) is 6.11. The first-order valence-corrected chi connectivity index (χ1v) is 12.8. The number of fused-ring (bicyclic) bond motifs is 2. The van der Waals surface area contributed by atoms with E-state index in [2.05, 4.69) is 0 Å². The van der Waals surface area contributed by atoms with Gasteiger partial charge < -0.3 is 10.2 Å². The molecule has 0 amide bonds. The van der Waals surface area contributed by atoms with Crippen molar-refractivity contribution < 1.29 is 18.6 Å². The molecule has 6 aromatic rings. The Morgan fingerprint density at radius 2 is 1.42 bits per heavy atom. The van der Waals surface area contributed by atoms with Crippen molar-refractivity contribution in [2.24, 2.45) is 0 Å². The molecule has 0 radical (unpaired) electrons. The summed E-state index contributed by atoms with van der Waals surface area (Å²) in [7, 11) is -3.78. The molecule has 0 aliphatic rings. The van der Waals surface area contributed by atoms with Crippen LogP contribution in [0.3, 0.4) is 0 Å². The van der Waals surface area contributed by atoms with E-state index in [1.807, 2.05) is 36.4 Å². The summed E-state index contributed by atoms with van der Waals surface area (Å²) in [6, 6.07) is 32.0. The lowest BCUT2D eigenvalue weighted by Gasteiger charge is -2.13. The fraction of sp³-hybridized carbons (Fsp3) is 0. The summed E-state index contributed by atoms with van der Waals surface area (Å²) in [6.07, 6.45) is 1.55. The van der Waals surface area contributed by atoms with Crippen molar-refractivity contribution in [3.63, 3.8) is 0 Å². The molecule has 0 fully saturated rings. The Bertz CT molecular complexity index is 1870. The van der Waals surface area contributed by atoms with Gasteiger partial charge in [-0.05, 0) is 76.0 Å². The molecule has 176 valence electrons. The van der Waals surface area contributed by atoms with Crippen molar-refractivity contribution in [1.82, 2.24) is 3.97 Å². The quantitative estimate of drug-likeness (QED) is 0.285. The SMILES string of the molecule is O=S(=O)(c1ccccc1)n1ccc2c(-c3c(O)ccc4cc(-c5cccc(O)c5)ccc34)cccc21. The van der Waals surface area contributed by atoms with Gasteiger partial charge in [-0.2, -0.15) is 0 Å². The number of phenols is 2. The van der Waals surface area contributed by atoms with Gasteiger partial charge in [0.15, 0.2) is 0 Å². The first-order chi connectivity index (χ1) is 17.4.